The van der Waals surface area contributed by atoms with E-state index in [9.17, 15) is 4.79 Å². The first-order valence-corrected chi connectivity index (χ1v) is 7.14. The lowest BCUT2D eigenvalue weighted by Crippen LogP contribution is -2.47. The van der Waals surface area contributed by atoms with Crippen molar-refractivity contribution in [2.75, 3.05) is 13.1 Å². The molecule has 4 nitrogen and oxygen atoms in total. The van der Waals surface area contributed by atoms with Gasteiger partial charge in [-0.05, 0) is 25.7 Å². The minimum atomic E-state index is -0.0920. The summed E-state index contributed by atoms with van der Waals surface area (Å²) in [5.74, 6) is 0.589. The number of hydrogen-bond donors (Lipinski definition) is 2. The van der Waals surface area contributed by atoms with Crippen LogP contribution in [0.4, 0.5) is 0 Å². The molecule has 1 aliphatic carbocycles. The van der Waals surface area contributed by atoms with Crippen molar-refractivity contribution >= 4 is 23.1 Å². The Morgan fingerprint density at radius 3 is 2.50 bits per heavy atom. The smallest absolute Gasteiger partial charge is 0.237 e. The molecule has 104 valence electrons. The summed E-state index contributed by atoms with van der Waals surface area (Å²) in [7, 11) is 0. The fraction of sp³-hybridized carbons (Fsp3) is 0.846. The van der Waals surface area contributed by atoms with Crippen LogP contribution in [0.2, 0.25) is 0 Å². The highest BCUT2D eigenvalue weighted by molar-refractivity contribution is 7.80. The number of amides is 1. The maximum atomic E-state index is 12.0. The fourth-order valence-corrected chi connectivity index (χ4v) is 2.03. The standard InChI is InChI=1S/C13H25N3OS/c1-9(2)8-15-13(17)10(3)16(11-4-5-11)7-6-12(14)18/h9-11H,4-8H2,1-3H3,(H2,14,18)(H,15,17). The highest BCUT2D eigenvalue weighted by Gasteiger charge is 2.34. The van der Waals surface area contributed by atoms with E-state index in [-0.39, 0.29) is 11.9 Å². The quantitative estimate of drug-likeness (QED) is 0.653. The van der Waals surface area contributed by atoms with Gasteiger partial charge in [0.25, 0.3) is 0 Å². The SMILES string of the molecule is CC(C)CNC(=O)C(C)N(CCC(N)=S)C1CC1. The number of rotatable bonds is 8. The van der Waals surface area contributed by atoms with Gasteiger partial charge in [-0.25, -0.2) is 0 Å². The van der Waals surface area contributed by atoms with Crippen LogP contribution in [0.1, 0.15) is 40.0 Å². The number of thiocarbonyl (C=S) groups is 1. The van der Waals surface area contributed by atoms with Gasteiger partial charge in [-0.1, -0.05) is 26.1 Å². The summed E-state index contributed by atoms with van der Waals surface area (Å²) in [4.78, 5) is 14.8. The second-order valence-corrected chi connectivity index (χ2v) is 6.02. The molecule has 1 amide bonds. The average Bonchev–Trinajstić information content (AvgIpc) is 3.09. The summed E-state index contributed by atoms with van der Waals surface area (Å²) in [6.07, 6.45) is 3.05. The monoisotopic (exact) mass is 271 g/mol. The largest absolute Gasteiger partial charge is 0.393 e. The normalized spacial score (nSPS) is 16.9. The lowest BCUT2D eigenvalue weighted by atomic mass is 10.2. The van der Waals surface area contributed by atoms with Crippen molar-refractivity contribution < 1.29 is 4.79 Å². The molecule has 0 bridgehead atoms. The average molecular weight is 271 g/mol. The second kappa shape index (κ2) is 7.04. The Kier molecular flexibility index (Phi) is 6.02. The predicted octanol–water partition coefficient (Wildman–Crippen LogP) is 1.29. The third kappa shape index (κ3) is 5.31. The first-order valence-electron chi connectivity index (χ1n) is 6.73. The molecular formula is C13H25N3OS. The van der Waals surface area contributed by atoms with E-state index < -0.39 is 0 Å². The summed E-state index contributed by atoms with van der Waals surface area (Å²) in [6, 6.07) is 0.449. The van der Waals surface area contributed by atoms with E-state index >= 15 is 0 Å². The van der Waals surface area contributed by atoms with E-state index in [1.54, 1.807) is 0 Å². The van der Waals surface area contributed by atoms with Gasteiger partial charge in [0.15, 0.2) is 0 Å². The van der Waals surface area contributed by atoms with E-state index in [1.165, 1.54) is 12.8 Å². The molecule has 3 N–H and O–H groups in total. The summed E-state index contributed by atoms with van der Waals surface area (Å²) < 4.78 is 0. The van der Waals surface area contributed by atoms with Crippen LogP contribution in [-0.2, 0) is 4.79 Å². The van der Waals surface area contributed by atoms with Crippen molar-refractivity contribution in [2.45, 2.75) is 52.1 Å². The van der Waals surface area contributed by atoms with Crippen molar-refractivity contribution in [3.63, 3.8) is 0 Å². The molecule has 0 aromatic carbocycles. The van der Waals surface area contributed by atoms with Crippen LogP contribution in [0.5, 0.6) is 0 Å². The molecule has 0 heterocycles. The lowest BCUT2D eigenvalue weighted by Gasteiger charge is -2.28. The number of nitrogens with zero attached hydrogens (tertiary/aromatic N) is 1. The summed E-state index contributed by atoms with van der Waals surface area (Å²) in [5.41, 5.74) is 5.54. The van der Waals surface area contributed by atoms with Crippen molar-refractivity contribution in [1.29, 1.82) is 0 Å². The van der Waals surface area contributed by atoms with Gasteiger partial charge in [-0.15, -0.1) is 0 Å². The van der Waals surface area contributed by atoms with Crippen molar-refractivity contribution in [2.24, 2.45) is 11.7 Å². The first-order chi connectivity index (χ1) is 8.41. The molecule has 0 saturated heterocycles. The van der Waals surface area contributed by atoms with E-state index in [0.29, 0.717) is 23.4 Å². The van der Waals surface area contributed by atoms with Crippen LogP contribution >= 0.6 is 12.2 Å². The Labute approximate surface area is 115 Å². The first kappa shape index (κ1) is 15.4. The number of nitrogens with two attached hydrogens (primary N) is 1. The van der Waals surface area contributed by atoms with Gasteiger partial charge >= 0.3 is 0 Å². The summed E-state index contributed by atoms with van der Waals surface area (Å²) in [6.45, 7) is 7.67. The van der Waals surface area contributed by atoms with Gasteiger partial charge in [-0.2, -0.15) is 0 Å². The van der Waals surface area contributed by atoms with Crippen molar-refractivity contribution in [3.05, 3.63) is 0 Å². The third-order valence-electron chi connectivity index (χ3n) is 3.19. The molecule has 0 radical (unpaired) electrons. The maximum Gasteiger partial charge on any atom is 0.237 e. The Hall–Kier alpha value is -0.680. The molecule has 0 spiro atoms. The van der Waals surface area contributed by atoms with E-state index in [0.717, 1.165) is 13.1 Å². The Balaban J connectivity index is 2.45. The molecule has 5 heteroatoms. The molecule has 1 saturated carbocycles. The lowest BCUT2D eigenvalue weighted by molar-refractivity contribution is -0.126. The molecule has 1 atom stereocenters. The molecule has 18 heavy (non-hydrogen) atoms. The zero-order chi connectivity index (χ0) is 13.7. The van der Waals surface area contributed by atoms with Crippen LogP contribution in [0.3, 0.4) is 0 Å². The topological polar surface area (TPSA) is 58.4 Å². The molecule has 0 aromatic rings. The molecule has 0 aromatic heterocycles. The van der Waals surface area contributed by atoms with Gasteiger partial charge in [0, 0.05) is 25.6 Å². The Bertz CT molecular complexity index is 303. The van der Waals surface area contributed by atoms with E-state index in [4.69, 9.17) is 18.0 Å². The highest BCUT2D eigenvalue weighted by atomic mass is 32.1. The molecular weight excluding hydrogens is 246 g/mol. The van der Waals surface area contributed by atoms with Gasteiger partial charge < -0.3 is 11.1 Å². The summed E-state index contributed by atoms with van der Waals surface area (Å²) >= 11 is 4.91. The van der Waals surface area contributed by atoms with Gasteiger partial charge in [0.05, 0.1) is 11.0 Å². The molecule has 1 unspecified atom stereocenters. The number of carbonyl (C=O) groups excluding carboxylic acids is 1. The number of carbonyl (C=O) groups is 1. The predicted molar refractivity (Wildman–Crippen MR) is 78.4 cm³/mol. The minimum absolute atomic E-state index is 0.0920. The number of hydrogen-bond acceptors (Lipinski definition) is 3. The molecule has 0 aliphatic heterocycles. The Morgan fingerprint density at radius 1 is 1.44 bits per heavy atom. The molecule has 1 fully saturated rings. The van der Waals surface area contributed by atoms with E-state index in [1.807, 2.05) is 6.92 Å². The van der Waals surface area contributed by atoms with Gasteiger partial charge in [0.1, 0.15) is 0 Å². The summed E-state index contributed by atoms with van der Waals surface area (Å²) in [5, 5.41) is 2.99. The second-order valence-electron chi connectivity index (χ2n) is 5.50. The highest BCUT2D eigenvalue weighted by Crippen LogP contribution is 2.28. The molecule has 1 rings (SSSR count). The third-order valence-corrected chi connectivity index (χ3v) is 3.40. The maximum absolute atomic E-state index is 12.0. The van der Waals surface area contributed by atoms with Crippen LogP contribution < -0.4 is 11.1 Å². The van der Waals surface area contributed by atoms with Crippen LogP contribution in [0.25, 0.3) is 0 Å². The van der Waals surface area contributed by atoms with Crippen molar-refractivity contribution in [1.82, 2.24) is 10.2 Å². The zero-order valence-corrected chi connectivity index (χ0v) is 12.4. The Morgan fingerprint density at radius 2 is 2.06 bits per heavy atom. The van der Waals surface area contributed by atoms with Crippen LogP contribution in [0, 0.1) is 5.92 Å². The van der Waals surface area contributed by atoms with Gasteiger partial charge in [-0.3, -0.25) is 9.69 Å². The van der Waals surface area contributed by atoms with E-state index in [2.05, 4.69) is 24.1 Å². The van der Waals surface area contributed by atoms with Crippen LogP contribution in [0.15, 0.2) is 0 Å². The minimum Gasteiger partial charge on any atom is -0.393 e. The van der Waals surface area contributed by atoms with Gasteiger partial charge in [0.2, 0.25) is 5.91 Å². The van der Waals surface area contributed by atoms with Crippen LogP contribution in [-0.4, -0.2) is 41.0 Å². The number of nitrogens with one attached hydrogen (secondary N) is 1. The zero-order valence-electron chi connectivity index (χ0n) is 11.6. The molecule has 1 aliphatic rings. The fourth-order valence-electron chi connectivity index (χ4n) is 1.94. The van der Waals surface area contributed by atoms with Crippen molar-refractivity contribution in [3.8, 4) is 0 Å².